The Bertz CT molecular complexity index is 683. The lowest BCUT2D eigenvalue weighted by molar-refractivity contribution is 0.0491. The maximum absolute atomic E-state index is 12.0. The van der Waals surface area contributed by atoms with Crippen molar-refractivity contribution in [2.45, 2.75) is 32.2 Å². The highest BCUT2D eigenvalue weighted by Gasteiger charge is 2.33. The lowest BCUT2D eigenvalue weighted by Gasteiger charge is -2.37. The lowest BCUT2D eigenvalue weighted by atomic mass is 10.1. The minimum absolute atomic E-state index is 0.00265. The van der Waals surface area contributed by atoms with Crippen LogP contribution in [0.15, 0.2) is 36.5 Å². The zero-order valence-electron chi connectivity index (χ0n) is 14.2. The summed E-state index contributed by atoms with van der Waals surface area (Å²) >= 11 is 0. The Hall–Kier alpha value is -2.45. The van der Waals surface area contributed by atoms with Crippen molar-refractivity contribution in [1.29, 1.82) is 0 Å². The molecule has 1 saturated heterocycles. The summed E-state index contributed by atoms with van der Waals surface area (Å²) in [6.45, 7) is 4.17. The van der Waals surface area contributed by atoms with Gasteiger partial charge in [-0.1, -0.05) is 35.5 Å². The van der Waals surface area contributed by atoms with Gasteiger partial charge in [-0.25, -0.2) is 9.48 Å². The van der Waals surface area contributed by atoms with E-state index in [1.165, 1.54) is 0 Å². The van der Waals surface area contributed by atoms with Crippen molar-refractivity contribution >= 4 is 6.09 Å². The highest BCUT2D eigenvalue weighted by atomic mass is 16.6. The summed E-state index contributed by atoms with van der Waals surface area (Å²) in [4.78, 5) is 13.7. The second kappa shape index (κ2) is 8.09. The minimum atomic E-state index is -0.305. The molecule has 0 spiro atoms. The summed E-state index contributed by atoms with van der Waals surface area (Å²) in [5, 5.41) is 8.17. The molecule has 0 aliphatic carbocycles. The Kier molecular flexibility index (Phi) is 5.62. The fraction of sp³-hybridized carbons (Fsp3) is 0.471. The zero-order valence-corrected chi connectivity index (χ0v) is 14.2. The third kappa shape index (κ3) is 4.77. The van der Waals surface area contributed by atoms with Gasteiger partial charge < -0.3 is 20.1 Å². The topological polar surface area (TPSA) is 95.5 Å². The monoisotopic (exact) mass is 345 g/mol. The number of benzene rings is 1. The number of nitrogens with zero attached hydrogens (tertiary/aromatic N) is 4. The fourth-order valence-electron chi connectivity index (χ4n) is 2.49. The van der Waals surface area contributed by atoms with Gasteiger partial charge >= 0.3 is 6.09 Å². The van der Waals surface area contributed by atoms with Gasteiger partial charge in [0.05, 0.1) is 25.5 Å². The Morgan fingerprint density at radius 1 is 1.32 bits per heavy atom. The molecular formula is C17H23N5O3. The fourth-order valence-corrected chi connectivity index (χ4v) is 2.49. The number of hydrogen-bond donors (Lipinski definition) is 1. The van der Waals surface area contributed by atoms with E-state index in [0.29, 0.717) is 26.3 Å². The molecule has 1 aromatic heterocycles. The second-order valence-corrected chi connectivity index (χ2v) is 6.28. The average Bonchev–Trinajstić information content (AvgIpc) is 3.00. The van der Waals surface area contributed by atoms with Crippen LogP contribution in [0.1, 0.15) is 24.2 Å². The normalized spacial score (nSPS) is 15.7. The number of carbonyl (C=O) groups is 1. The maximum atomic E-state index is 12.0. The molecular weight excluding hydrogens is 322 g/mol. The van der Waals surface area contributed by atoms with Crippen LogP contribution in [-0.2, 0) is 22.7 Å². The highest BCUT2D eigenvalue weighted by molar-refractivity contribution is 5.68. The molecule has 134 valence electrons. The van der Waals surface area contributed by atoms with Crippen LogP contribution < -0.4 is 5.73 Å². The molecule has 1 atom stereocenters. The molecule has 8 nitrogen and oxygen atoms in total. The standard InChI is InChI=1S/C17H23N5O3/c1-13(18)10-24-12-15-7-22(20-19-15)16-8-21(9-16)17(23)25-11-14-5-3-2-4-6-14/h2-7,13,16H,8-12,18H2,1H3. The number of carbonyl (C=O) groups excluding carboxylic acids is 1. The molecule has 1 fully saturated rings. The van der Waals surface area contributed by atoms with E-state index in [9.17, 15) is 4.79 Å². The van der Waals surface area contributed by atoms with Gasteiger partial charge in [-0.2, -0.15) is 0 Å². The van der Waals surface area contributed by atoms with Crippen molar-refractivity contribution in [2.24, 2.45) is 5.73 Å². The minimum Gasteiger partial charge on any atom is -0.445 e. The molecule has 1 amide bonds. The Morgan fingerprint density at radius 2 is 2.08 bits per heavy atom. The number of aromatic nitrogens is 3. The van der Waals surface area contributed by atoms with Gasteiger partial charge in [0, 0.05) is 19.1 Å². The molecule has 1 aromatic carbocycles. The molecule has 0 saturated carbocycles. The summed E-state index contributed by atoms with van der Waals surface area (Å²) in [5.74, 6) is 0. The first-order valence-corrected chi connectivity index (χ1v) is 8.31. The van der Waals surface area contributed by atoms with Gasteiger partial charge in [0.15, 0.2) is 0 Å². The van der Waals surface area contributed by atoms with Crippen LogP contribution in [0.4, 0.5) is 4.79 Å². The van der Waals surface area contributed by atoms with Crippen LogP contribution in [0.25, 0.3) is 0 Å². The number of likely N-dealkylation sites (tertiary alicyclic amines) is 1. The summed E-state index contributed by atoms with van der Waals surface area (Å²) in [5.41, 5.74) is 7.36. The Labute approximate surface area is 146 Å². The molecule has 2 aromatic rings. The largest absolute Gasteiger partial charge is 0.445 e. The van der Waals surface area contributed by atoms with Crippen molar-refractivity contribution < 1.29 is 14.3 Å². The van der Waals surface area contributed by atoms with Crippen LogP contribution in [0, 0.1) is 0 Å². The van der Waals surface area contributed by atoms with Gasteiger partial charge in [-0.15, -0.1) is 5.10 Å². The van der Waals surface area contributed by atoms with Crippen molar-refractivity contribution in [1.82, 2.24) is 19.9 Å². The smallest absolute Gasteiger partial charge is 0.410 e. The van der Waals surface area contributed by atoms with Crippen LogP contribution in [0.2, 0.25) is 0 Å². The van der Waals surface area contributed by atoms with Gasteiger partial charge in [0.25, 0.3) is 0 Å². The number of hydrogen-bond acceptors (Lipinski definition) is 6. The quantitative estimate of drug-likeness (QED) is 0.813. The van der Waals surface area contributed by atoms with E-state index in [1.54, 1.807) is 9.58 Å². The molecule has 2 heterocycles. The molecule has 3 rings (SSSR count). The third-order valence-electron chi connectivity index (χ3n) is 3.89. The second-order valence-electron chi connectivity index (χ2n) is 6.28. The number of rotatable bonds is 7. The molecule has 1 aliphatic rings. The first-order chi connectivity index (χ1) is 12.1. The number of amides is 1. The van der Waals surface area contributed by atoms with Gasteiger partial charge in [0.1, 0.15) is 12.3 Å². The summed E-state index contributed by atoms with van der Waals surface area (Å²) in [7, 11) is 0. The maximum Gasteiger partial charge on any atom is 0.410 e. The summed E-state index contributed by atoms with van der Waals surface area (Å²) in [6.07, 6.45) is 1.54. The molecule has 1 unspecified atom stereocenters. The van der Waals surface area contributed by atoms with Gasteiger partial charge in [-0.05, 0) is 12.5 Å². The van der Waals surface area contributed by atoms with Gasteiger partial charge in [-0.3, -0.25) is 0 Å². The average molecular weight is 345 g/mol. The Morgan fingerprint density at radius 3 is 2.80 bits per heavy atom. The summed E-state index contributed by atoms with van der Waals surface area (Å²) in [6, 6.07) is 9.75. The predicted octanol–water partition coefficient (Wildman–Crippen LogP) is 1.34. The first-order valence-electron chi connectivity index (χ1n) is 8.31. The van der Waals surface area contributed by atoms with E-state index in [2.05, 4.69) is 10.3 Å². The van der Waals surface area contributed by atoms with Crippen LogP contribution in [-0.4, -0.2) is 51.7 Å². The molecule has 0 radical (unpaired) electrons. The van der Waals surface area contributed by atoms with Crippen molar-refractivity contribution in [3.05, 3.63) is 47.8 Å². The predicted molar refractivity (Wildman–Crippen MR) is 90.6 cm³/mol. The van der Waals surface area contributed by atoms with E-state index in [4.69, 9.17) is 15.2 Å². The summed E-state index contributed by atoms with van der Waals surface area (Å²) < 4.78 is 12.5. The Balaban J connectivity index is 1.40. The van der Waals surface area contributed by atoms with E-state index in [0.717, 1.165) is 11.3 Å². The van der Waals surface area contributed by atoms with E-state index >= 15 is 0 Å². The molecule has 8 heteroatoms. The van der Waals surface area contributed by atoms with E-state index < -0.39 is 0 Å². The van der Waals surface area contributed by atoms with Crippen LogP contribution in [0.3, 0.4) is 0 Å². The van der Waals surface area contributed by atoms with E-state index in [-0.39, 0.29) is 24.8 Å². The molecule has 1 aliphatic heterocycles. The molecule has 25 heavy (non-hydrogen) atoms. The molecule has 0 bridgehead atoms. The highest BCUT2D eigenvalue weighted by Crippen LogP contribution is 2.21. The lowest BCUT2D eigenvalue weighted by Crippen LogP contribution is -2.51. The molecule has 2 N–H and O–H groups in total. The third-order valence-corrected chi connectivity index (χ3v) is 3.89. The van der Waals surface area contributed by atoms with Crippen molar-refractivity contribution in [3.63, 3.8) is 0 Å². The van der Waals surface area contributed by atoms with Crippen molar-refractivity contribution in [2.75, 3.05) is 19.7 Å². The van der Waals surface area contributed by atoms with Crippen LogP contribution in [0.5, 0.6) is 0 Å². The SMILES string of the molecule is CC(N)COCc1cn(C2CN(C(=O)OCc3ccccc3)C2)nn1. The number of nitrogens with two attached hydrogens (primary N) is 1. The van der Waals surface area contributed by atoms with Gasteiger partial charge in [0.2, 0.25) is 0 Å². The van der Waals surface area contributed by atoms with E-state index in [1.807, 2.05) is 43.5 Å². The zero-order chi connectivity index (χ0) is 17.6. The first kappa shape index (κ1) is 17.4. The van der Waals surface area contributed by atoms with Crippen LogP contribution >= 0.6 is 0 Å². The number of ether oxygens (including phenoxy) is 2. The van der Waals surface area contributed by atoms with Crippen molar-refractivity contribution in [3.8, 4) is 0 Å².